The van der Waals surface area contributed by atoms with Crippen molar-refractivity contribution in [2.45, 2.75) is 37.8 Å². The molecule has 0 saturated heterocycles. The normalized spacial score (nSPS) is 18.3. The van der Waals surface area contributed by atoms with Gasteiger partial charge in [0.15, 0.2) is 28.8 Å². The zero-order valence-corrected chi connectivity index (χ0v) is 31.0. The predicted molar refractivity (Wildman–Crippen MR) is 196 cm³/mol. The van der Waals surface area contributed by atoms with Crippen molar-refractivity contribution in [3.8, 4) is 34.5 Å². The number of hydrogen-bond donors (Lipinski definition) is 3. The van der Waals surface area contributed by atoms with E-state index in [0.29, 0.717) is 16.6 Å². The molecule has 54 heavy (non-hydrogen) atoms. The number of aliphatic hydroxyl groups excluding tert-OH is 1. The third-order valence-electron chi connectivity index (χ3n) is 9.88. The summed E-state index contributed by atoms with van der Waals surface area (Å²) in [6.07, 6.45) is -0.685. The van der Waals surface area contributed by atoms with E-state index < -0.39 is 58.2 Å². The summed E-state index contributed by atoms with van der Waals surface area (Å²) in [6, 6.07) is 11.2. The van der Waals surface area contributed by atoms with E-state index in [4.69, 9.17) is 40.0 Å². The Kier molecular flexibility index (Phi) is 10.4. The summed E-state index contributed by atoms with van der Waals surface area (Å²) in [4.78, 5) is 70.0. The molecule has 3 aromatic carbocycles. The molecule has 1 aliphatic heterocycles. The number of benzene rings is 3. The Hall–Kier alpha value is -5.96. The van der Waals surface area contributed by atoms with E-state index in [2.05, 4.69) is 10.3 Å². The average Bonchev–Trinajstić information content (AvgIpc) is 3.48. The number of carbonyl (C=O) groups excluding carboxylic acids is 3. The Morgan fingerprint density at radius 2 is 1.63 bits per heavy atom. The monoisotopic (exact) mass is 763 g/mol. The molecule has 4 aromatic rings. The molecule has 284 valence electrons. The van der Waals surface area contributed by atoms with Crippen LogP contribution in [0.2, 0.25) is 5.02 Å². The number of hydrogen-bond acceptors (Lipinski definition) is 12. The number of H-pyrrole nitrogens is 1. The number of methoxy groups -OCH3 is 5. The van der Waals surface area contributed by atoms with E-state index in [1.807, 2.05) is 0 Å². The van der Waals surface area contributed by atoms with Crippen LogP contribution in [0.25, 0.3) is 11.0 Å². The lowest BCUT2D eigenvalue weighted by Gasteiger charge is -2.38. The van der Waals surface area contributed by atoms with Crippen molar-refractivity contribution in [3.63, 3.8) is 0 Å². The molecule has 3 atom stereocenters. The Bertz CT molecular complexity index is 2320. The molecule has 0 saturated carbocycles. The first-order valence-corrected chi connectivity index (χ1v) is 17.2. The molecule has 1 spiro atoms. The summed E-state index contributed by atoms with van der Waals surface area (Å²) in [5, 5.41) is 15.0. The van der Waals surface area contributed by atoms with Gasteiger partial charge in [-0.3, -0.25) is 24.0 Å². The van der Waals surface area contributed by atoms with Gasteiger partial charge in [-0.05, 0) is 29.8 Å². The van der Waals surface area contributed by atoms with Crippen LogP contribution < -0.4 is 44.9 Å². The summed E-state index contributed by atoms with van der Waals surface area (Å²) in [5.74, 6) is -3.83. The van der Waals surface area contributed by atoms with Crippen molar-refractivity contribution in [1.82, 2.24) is 14.9 Å². The minimum atomic E-state index is -2.12. The fourth-order valence-corrected chi connectivity index (χ4v) is 7.50. The van der Waals surface area contributed by atoms with Gasteiger partial charge in [0.1, 0.15) is 22.1 Å². The van der Waals surface area contributed by atoms with E-state index in [9.17, 15) is 29.1 Å². The van der Waals surface area contributed by atoms with Crippen molar-refractivity contribution in [1.29, 1.82) is 0 Å². The van der Waals surface area contributed by atoms with Gasteiger partial charge >= 0.3 is 11.1 Å². The number of aliphatic hydroxyl groups is 1. The van der Waals surface area contributed by atoms with Gasteiger partial charge in [-0.25, -0.2) is 0 Å². The van der Waals surface area contributed by atoms with Gasteiger partial charge in [0.05, 0.1) is 46.6 Å². The Morgan fingerprint density at radius 1 is 0.981 bits per heavy atom. The van der Waals surface area contributed by atoms with Crippen LogP contribution in [-0.2, 0) is 16.1 Å². The summed E-state index contributed by atoms with van der Waals surface area (Å²) < 4.78 is 35.1. The van der Waals surface area contributed by atoms with Gasteiger partial charge < -0.3 is 48.4 Å². The second kappa shape index (κ2) is 14.8. The maximum absolute atomic E-state index is 14.5. The number of para-hydroxylation sites is 2. The first-order valence-electron chi connectivity index (χ1n) is 16.8. The standard InChI is InChI=1S/C38H38ClN3O12/c1-18-13-23(43)29(34(45)38(18)35(46)30-24(49-2)17-25(50-3)31(39)33(30)54-38)20(19-14-26(51-4)32(53-6)27(15-19)52-5)16-28(44)40-11-12-42-22-10-8-7-9-21(22)41-36(47)37(42)48/h7-10,14-15,17-18,20,45H,11-13,16H2,1-6H3,(H,40,44)(H,41,47). The van der Waals surface area contributed by atoms with Crippen LogP contribution in [0.3, 0.4) is 0 Å². The minimum Gasteiger partial charge on any atom is -0.507 e. The molecular weight excluding hydrogens is 726 g/mol. The molecule has 3 unspecified atom stereocenters. The SMILES string of the molecule is COc1cc(OC)c2c(c1Cl)OC1(C2=O)C(O)=C(C(CC(=O)NCCn2c(=O)c(=O)[nH]c3ccccc32)c2cc(OC)c(OC)c(OC)c2)C(=O)CC1C. The van der Waals surface area contributed by atoms with E-state index in [1.54, 1.807) is 31.2 Å². The fraction of sp³-hybridized carbons (Fsp3) is 0.342. The average molecular weight is 764 g/mol. The minimum absolute atomic E-state index is 0.0372. The predicted octanol–water partition coefficient (Wildman–Crippen LogP) is 4.11. The quantitative estimate of drug-likeness (QED) is 0.175. The number of Topliss-reactive ketones (excluding diaryl/α,β-unsaturated/α-hetero) is 2. The summed E-state index contributed by atoms with van der Waals surface area (Å²) in [7, 11) is 6.94. The zero-order chi connectivity index (χ0) is 39.1. The lowest BCUT2D eigenvalue weighted by atomic mass is 9.69. The van der Waals surface area contributed by atoms with Crippen LogP contribution in [0.15, 0.2) is 63.4 Å². The van der Waals surface area contributed by atoms with Gasteiger partial charge in [-0.15, -0.1) is 0 Å². The van der Waals surface area contributed by atoms with Crippen molar-refractivity contribution in [2.24, 2.45) is 5.92 Å². The van der Waals surface area contributed by atoms with Gasteiger partial charge in [0, 0.05) is 49.4 Å². The number of nitrogens with zero attached hydrogens (tertiary/aromatic N) is 1. The number of rotatable bonds is 12. The highest BCUT2D eigenvalue weighted by atomic mass is 35.5. The molecule has 16 heteroatoms. The fourth-order valence-electron chi connectivity index (χ4n) is 7.24. The summed E-state index contributed by atoms with van der Waals surface area (Å²) >= 11 is 6.62. The van der Waals surface area contributed by atoms with Crippen LogP contribution in [0.1, 0.15) is 41.6 Å². The molecule has 6 rings (SSSR count). The molecule has 15 nitrogen and oxygen atoms in total. The highest BCUT2D eigenvalue weighted by molar-refractivity contribution is 6.35. The number of fused-ring (bicyclic) bond motifs is 2. The third kappa shape index (κ3) is 6.07. The van der Waals surface area contributed by atoms with Crippen molar-refractivity contribution in [2.75, 3.05) is 42.1 Å². The zero-order valence-electron chi connectivity index (χ0n) is 30.3. The van der Waals surface area contributed by atoms with Gasteiger partial charge in [0.2, 0.25) is 23.0 Å². The molecule has 0 radical (unpaired) electrons. The Morgan fingerprint density at radius 3 is 2.26 bits per heavy atom. The van der Waals surface area contributed by atoms with Crippen molar-refractivity contribution in [3.05, 3.63) is 90.7 Å². The van der Waals surface area contributed by atoms with Crippen molar-refractivity contribution < 1.29 is 47.9 Å². The smallest absolute Gasteiger partial charge is 0.316 e. The van der Waals surface area contributed by atoms with Crippen LogP contribution in [0.5, 0.6) is 34.5 Å². The largest absolute Gasteiger partial charge is 0.507 e. The van der Waals surface area contributed by atoms with E-state index in [0.717, 1.165) is 0 Å². The number of halogens is 1. The molecule has 1 aromatic heterocycles. The molecular formula is C38H38ClN3O12. The first kappa shape index (κ1) is 37.8. The highest BCUT2D eigenvalue weighted by Crippen LogP contribution is 2.56. The number of allylic oxidation sites excluding steroid dienone is 1. The van der Waals surface area contributed by atoms with Gasteiger partial charge in [-0.2, -0.15) is 0 Å². The molecule has 2 heterocycles. The molecule has 2 aliphatic rings. The number of amides is 1. The molecule has 1 amide bonds. The summed E-state index contributed by atoms with van der Waals surface area (Å²) in [5.41, 5.74) is -2.81. The van der Waals surface area contributed by atoms with Crippen LogP contribution >= 0.6 is 11.6 Å². The second-order valence-corrected chi connectivity index (χ2v) is 13.1. The number of ether oxygens (including phenoxy) is 6. The summed E-state index contributed by atoms with van der Waals surface area (Å²) in [6.45, 7) is 1.46. The number of ketones is 2. The highest BCUT2D eigenvalue weighted by Gasteiger charge is 2.61. The number of nitrogens with one attached hydrogen (secondary N) is 2. The Labute approximate surface area is 313 Å². The molecule has 1 aliphatic carbocycles. The number of aromatic nitrogens is 2. The van der Waals surface area contributed by atoms with Crippen LogP contribution in [-0.4, -0.2) is 79.8 Å². The number of aromatic amines is 1. The first-order chi connectivity index (χ1) is 25.9. The van der Waals surface area contributed by atoms with E-state index in [1.165, 1.54) is 58.3 Å². The second-order valence-electron chi connectivity index (χ2n) is 12.8. The van der Waals surface area contributed by atoms with E-state index in [-0.39, 0.29) is 70.2 Å². The maximum Gasteiger partial charge on any atom is 0.316 e. The molecule has 0 fully saturated rings. The van der Waals surface area contributed by atoms with Crippen LogP contribution in [0, 0.1) is 5.92 Å². The van der Waals surface area contributed by atoms with Crippen LogP contribution in [0.4, 0.5) is 0 Å². The van der Waals surface area contributed by atoms with E-state index >= 15 is 0 Å². The number of carbonyl (C=O) groups is 3. The lowest BCUT2D eigenvalue weighted by molar-refractivity contribution is -0.121. The maximum atomic E-state index is 14.5. The molecule has 3 N–H and O–H groups in total. The molecule has 0 bridgehead atoms. The van der Waals surface area contributed by atoms with Crippen molar-refractivity contribution >= 4 is 40.1 Å². The topological polar surface area (TPSA) is 194 Å². The Balaban J connectivity index is 1.44. The van der Waals surface area contributed by atoms with Gasteiger partial charge in [0.25, 0.3) is 0 Å². The van der Waals surface area contributed by atoms with Gasteiger partial charge in [-0.1, -0.05) is 30.7 Å². The lowest BCUT2D eigenvalue weighted by Crippen LogP contribution is -2.53. The third-order valence-corrected chi connectivity index (χ3v) is 10.2.